The van der Waals surface area contributed by atoms with Crippen LogP contribution < -0.4 is 4.72 Å². The van der Waals surface area contributed by atoms with Gasteiger partial charge in [0.15, 0.2) is 0 Å². The Bertz CT molecular complexity index is 502. The highest BCUT2D eigenvalue weighted by Crippen LogP contribution is 2.31. The fraction of sp³-hybridized carbons (Fsp3) is 0.667. The van der Waals surface area contributed by atoms with Crippen molar-refractivity contribution in [3.05, 3.63) is 24.3 Å². The molecule has 0 bridgehead atoms. The van der Waals surface area contributed by atoms with E-state index in [9.17, 15) is 8.42 Å². The molecule has 0 aromatic rings. The van der Waals surface area contributed by atoms with Gasteiger partial charge in [0, 0.05) is 13.0 Å². The average Bonchev–Trinajstić information content (AvgIpc) is 2.41. The maximum atomic E-state index is 12.4. The van der Waals surface area contributed by atoms with Crippen molar-refractivity contribution >= 4 is 10.0 Å². The Morgan fingerprint density at radius 1 is 1.25 bits per heavy atom. The number of nitriles is 1. The van der Waals surface area contributed by atoms with Gasteiger partial charge in [-0.1, -0.05) is 44.1 Å². The SMILES string of the molecule is CC1C=CC=CC1(C)S(=O)(=O)NCCCCCCC#N. The molecule has 20 heavy (non-hydrogen) atoms. The number of unbranched alkanes of at least 4 members (excludes halogenated alkanes) is 4. The van der Waals surface area contributed by atoms with Crippen molar-refractivity contribution in [2.45, 2.75) is 50.7 Å². The van der Waals surface area contributed by atoms with Crippen LogP contribution in [-0.4, -0.2) is 19.7 Å². The summed E-state index contributed by atoms with van der Waals surface area (Å²) in [7, 11) is -3.37. The third kappa shape index (κ3) is 4.19. The monoisotopic (exact) mass is 296 g/mol. The normalized spacial score (nSPS) is 25.6. The third-order valence-corrected chi connectivity index (χ3v) is 6.18. The first-order valence-corrected chi connectivity index (χ1v) is 8.64. The summed E-state index contributed by atoms with van der Waals surface area (Å²) in [5.41, 5.74) is 0. The summed E-state index contributed by atoms with van der Waals surface area (Å²) >= 11 is 0. The number of hydrogen-bond donors (Lipinski definition) is 1. The first-order valence-electron chi connectivity index (χ1n) is 7.16. The van der Waals surface area contributed by atoms with E-state index in [1.165, 1.54) is 0 Å². The maximum absolute atomic E-state index is 12.4. The molecule has 0 aromatic heterocycles. The molecule has 1 N–H and O–H groups in total. The number of rotatable bonds is 8. The zero-order chi connectivity index (χ0) is 15.1. The summed E-state index contributed by atoms with van der Waals surface area (Å²) in [5.74, 6) is -0.0411. The van der Waals surface area contributed by atoms with Crippen LogP contribution in [0.25, 0.3) is 0 Å². The van der Waals surface area contributed by atoms with Crippen molar-refractivity contribution < 1.29 is 8.42 Å². The Morgan fingerprint density at radius 3 is 2.60 bits per heavy atom. The van der Waals surface area contributed by atoms with Gasteiger partial charge in [-0.15, -0.1) is 0 Å². The second-order valence-electron chi connectivity index (χ2n) is 5.44. The zero-order valence-electron chi connectivity index (χ0n) is 12.3. The maximum Gasteiger partial charge on any atom is 0.221 e. The lowest BCUT2D eigenvalue weighted by molar-refractivity contribution is 0.499. The van der Waals surface area contributed by atoms with Gasteiger partial charge in [0.25, 0.3) is 0 Å². The Kier molecular flexibility index (Phi) is 6.44. The molecule has 5 heteroatoms. The number of hydrogen-bond acceptors (Lipinski definition) is 3. The van der Waals surface area contributed by atoms with Crippen LogP contribution in [0, 0.1) is 17.2 Å². The van der Waals surface area contributed by atoms with E-state index in [0.29, 0.717) is 13.0 Å². The van der Waals surface area contributed by atoms with Gasteiger partial charge in [-0.25, -0.2) is 13.1 Å². The number of nitrogens with one attached hydrogen (secondary N) is 1. The number of sulfonamides is 1. The summed E-state index contributed by atoms with van der Waals surface area (Å²) in [6.45, 7) is 4.14. The second kappa shape index (κ2) is 7.61. The topological polar surface area (TPSA) is 70.0 Å². The van der Waals surface area contributed by atoms with Gasteiger partial charge in [0.2, 0.25) is 10.0 Å². The summed E-state index contributed by atoms with van der Waals surface area (Å²) in [6, 6.07) is 2.11. The molecule has 4 nitrogen and oxygen atoms in total. The minimum absolute atomic E-state index is 0.0411. The molecule has 0 saturated carbocycles. The van der Waals surface area contributed by atoms with Crippen molar-refractivity contribution in [2.75, 3.05) is 6.54 Å². The second-order valence-corrected chi connectivity index (χ2v) is 7.61. The van der Waals surface area contributed by atoms with Gasteiger partial charge in [0.05, 0.1) is 6.07 Å². The molecular weight excluding hydrogens is 272 g/mol. The van der Waals surface area contributed by atoms with E-state index >= 15 is 0 Å². The lowest BCUT2D eigenvalue weighted by Gasteiger charge is -2.32. The van der Waals surface area contributed by atoms with E-state index in [2.05, 4.69) is 10.8 Å². The Labute approximate surface area is 122 Å². The predicted molar refractivity (Wildman–Crippen MR) is 81.5 cm³/mol. The summed E-state index contributed by atoms with van der Waals surface area (Å²) in [5, 5.41) is 8.42. The standard InChI is InChI=1S/C15H24N2O2S/c1-14-10-6-7-11-15(14,2)20(18,19)17-13-9-5-3-4-8-12-16/h6-7,10-11,14,17H,3-5,8-9,13H2,1-2H3. The van der Waals surface area contributed by atoms with Crippen molar-refractivity contribution in [3.63, 3.8) is 0 Å². The average molecular weight is 296 g/mol. The molecule has 0 spiro atoms. The minimum atomic E-state index is -3.37. The molecule has 1 rings (SSSR count). The number of nitrogens with zero attached hydrogens (tertiary/aromatic N) is 1. The van der Waals surface area contributed by atoms with Gasteiger partial charge in [-0.3, -0.25) is 0 Å². The van der Waals surface area contributed by atoms with Gasteiger partial charge >= 0.3 is 0 Å². The van der Waals surface area contributed by atoms with E-state index in [1.807, 2.05) is 19.1 Å². The molecule has 0 heterocycles. The number of allylic oxidation sites excluding steroid dienone is 3. The van der Waals surface area contributed by atoms with Crippen LogP contribution in [-0.2, 0) is 10.0 Å². The predicted octanol–water partition coefficient (Wildman–Crippen LogP) is 2.90. The van der Waals surface area contributed by atoms with Gasteiger partial charge in [0.1, 0.15) is 4.75 Å². The first kappa shape index (κ1) is 16.9. The molecule has 1 aliphatic carbocycles. The van der Waals surface area contributed by atoms with E-state index in [4.69, 9.17) is 5.26 Å². The molecule has 0 aromatic carbocycles. The van der Waals surface area contributed by atoms with Crippen molar-refractivity contribution in [3.8, 4) is 6.07 Å². The van der Waals surface area contributed by atoms with E-state index in [-0.39, 0.29) is 5.92 Å². The van der Waals surface area contributed by atoms with Gasteiger partial charge < -0.3 is 0 Å². The fourth-order valence-corrected chi connectivity index (χ4v) is 3.75. The molecule has 112 valence electrons. The largest absolute Gasteiger partial charge is 0.221 e. The molecule has 2 atom stereocenters. The van der Waals surface area contributed by atoms with E-state index in [1.54, 1.807) is 19.1 Å². The van der Waals surface area contributed by atoms with Crippen LogP contribution in [0.4, 0.5) is 0 Å². The minimum Gasteiger partial charge on any atom is -0.214 e. The first-order chi connectivity index (χ1) is 9.44. The molecule has 0 amide bonds. The van der Waals surface area contributed by atoms with E-state index in [0.717, 1.165) is 25.7 Å². The molecule has 1 aliphatic rings. The highest BCUT2D eigenvalue weighted by Gasteiger charge is 2.41. The van der Waals surface area contributed by atoms with Crippen LogP contribution >= 0.6 is 0 Å². The summed E-state index contributed by atoms with van der Waals surface area (Å²) < 4.78 is 26.7. The van der Waals surface area contributed by atoms with Crippen molar-refractivity contribution in [2.24, 2.45) is 5.92 Å². The Hall–Kier alpha value is -1.12. The fourth-order valence-electron chi connectivity index (χ4n) is 2.20. The van der Waals surface area contributed by atoms with Crippen LogP contribution in [0.3, 0.4) is 0 Å². The lowest BCUT2D eigenvalue weighted by Crippen LogP contribution is -2.47. The van der Waals surface area contributed by atoms with Crippen molar-refractivity contribution in [1.29, 1.82) is 5.26 Å². The Morgan fingerprint density at radius 2 is 1.95 bits per heavy atom. The third-order valence-electron chi connectivity index (χ3n) is 3.93. The Balaban J connectivity index is 2.41. The smallest absolute Gasteiger partial charge is 0.214 e. The highest BCUT2D eigenvalue weighted by molar-refractivity contribution is 7.91. The molecular formula is C15H24N2O2S. The summed E-state index contributed by atoms with van der Waals surface area (Å²) in [6.07, 6.45) is 11.6. The zero-order valence-corrected chi connectivity index (χ0v) is 13.1. The van der Waals surface area contributed by atoms with E-state index < -0.39 is 14.8 Å². The van der Waals surface area contributed by atoms with Gasteiger partial charge in [-0.2, -0.15) is 5.26 Å². The van der Waals surface area contributed by atoms with Crippen LogP contribution in [0.15, 0.2) is 24.3 Å². The lowest BCUT2D eigenvalue weighted by atomic mass is 9.91. The molecule has 0 saturated heterocycles. The molecule has 0 aliphatic heterocycles. The molecule has 0 fully saturated rings. The molecule has 2 unspecified atom stereocenters. The highest BCUT2D eigenvalue weighted by atomic mass is 32.2. The quantitative estimate of drug-likeness (QED) is 0.700. The van der Waals surface area contributed by atoms with Crippen molar-refractivity contribution in [1.82, 2.24) is 4.72 Å². The van der Waals surface area contributed by atoms with Gasteiger partial charge in [-0.05, 0) is 25.7 Å². The van der Waals surface area contributed by atoms with Crippen LogP contribution in [0.2, 0.25) is 0 Å². The van der Waals surface area contributed by atoms with Crippen LogP contribution in [0.5, 0.6) is 0 Å². The molecule has 0 radical (unpaired) electrons. The van der Waals surface area contributed by atoms with Crippen LogP contribution in [0.1, 0.15) is 46.0 Å². The summed E-state index contributed by atoms with van der Waals surface area (Å²) in [4.78, 5) is 0.